The zero-order valence-electron chi connectivity index (χ0n) is 22.4. The Bertz CT molecular complexity index is 1040. The molecule has 1 saturated heterocycles. The van der Waals surface area contributed by atoms with Crippen molar-refractivity contribution in [2.45, 2.75) is 101 Å². The molecule has 1 fully saturated rings. The summed E-state index contributed by atoms with van der Waals surface area (Å²) in [6, 6.07) is 0. The second kappa shape index (κ2) is 9.31. The standard InChI is InChI=1S/C22H41ClN6O2SSi2/c1-21(2,3)33(8,9)30-14-15(31-34(10,11)22(4,5)6)19(32-18(14)25-7)29-12-26-13-16(24)27-20(23)28-17(13)29/h12,14-15,18-19,25H,1-11H3,(H2,24,27,28)/t14-,15+,18-,19+/m0/s1. The van der Waals surface area contributed by atoms with Crippen molar-refractivity contribution in [3.05, 3.63) is 11.6 Å². The number of imidazole rings is 1. The molecule has 192 valence electrons. The third kappa shape index (κ3) is 5.21. The Labute approximate surface area is 215 Å². The molecule has 0 aromatic carbocycles. The van der Waals surface area contributed by atoms with Crippen molar-refractivity contribution in [2.24, 2.45) is 0 Å². The highest BCUT2D eigenvalue weighted by Gasteiger charge is 2.53. The second-order valence-corrected chi connectivity index (χ2v) is 23.2. The molecule has 34 heavy (non-hydrogen) atoms. The Balaban J connectivity index is 2.13. The highest BCUT2D eigenvalue weighted by atomic mass is 35.5. The molecule has 1 aliphatic heterocycles. The van der Waals surface area contributed by atoms with Gasteiger partial charge in [-0.2, -0.15) is 9.97 Å². The van der Waals surface area contributed by atoms with Gasteiger partial charge in [0.2, 0.25) is 5.28 Å². The molecular weight excluding hydrogens is 504 g/mol. The Morgan fingerprint density at radius 3 is 2.03 bits per heavy atom. The largest absolute Gasteiger partial charge is 0.409 e. The highest BCUT2D eigenvalue weighted by Crippen LogP contribution is 2.50. The van der Waals surface area contributed by atoms with Crippen LogP contribution in [0.4, 0.5) is 5.82 Å². The lowest BCUT2D eigenvalue weighted by Gasteiger charge is -2.44. The van der Waals surface area contributed by atoms with Crippen molar-refractivity contribution in [3.8, 4) is 0 Å². The normalized spacial score (nSPS) is 24.8. The van der Waals surface area contributed by atoms with Gasteiger partial charge in [0.1, 0.15) is 17.0 Å². The summed E-state index contributed by atoms with van der Waals surface area (Å²) in [5, 5.41) is 3.65. The summed E-state index contributed by atoms with van der Waals surface area (Å²) in [4.78, 5) is 13.1. The number of nitrogen functional groups attached to an aromatic ring is 1. The number of nitrogens with zero attached hydrogens (tertiary/aromatic N) is 4. The molecule has 0 saturated carbocycles. The zero-order valence-corrected chi connectivity index (χ0v) is 25.9. The van der Waals surface area contributed by atoms with Crippen LogP contribution in [0.15, 0.2) is 6.33 Å². The fourth-order valence-corrected chi connectivity index (χ4v) is 7.90. The molecule has 0 bridgehead atoms. The molecule has 0 aliphatic carbocycles. The fourth-order valence-electron chi connectivity index (χ4n) is 3.48. The Morgan fingerprint density at radius 2 is 1.53 bits per heavy atom. The predicted molar refractivity (Wildman–Crippen MR) is 148 cm³/mol. The Morgan fingerprint density at radius 1 is 1.00 bits per heavy atom. The second-order valence-electron chi connectivity index (χ2n) is 12.1. The van der Waals surface area contributed by atoms with Gasteiger partial charge in [-0.05, 0) is 54.9 Å². The number of rotatable bonds is 6. The lowest BCUT2D eigenvalue weighted by molar-refractivity contribution is 0.0304. The van der Waals surface area contributed by atoms with Crippen LogP contribution in [-0.4, -0.2) is 60.8 Å². The molecule has 2 aromatic rings. The van der Waals surface area contributed by atoms with Gasteiger partial charge in [0.25, 0.3) is 0 Å². The number of anilines is 1. The maximum absolute atomic E-state index is 7.13. The van der Waals surface area contributed by atoms with Gasteiger partial charge in [-0.3, -0.25) is 4.57 Å². The summed E-state index contributed by atoms with van der Waals surface area (Å²) in [6.45, 7) is 22.7. The average Bonchev–Trinajstić information content (AvgIpc) is 3.21. The van der Waals surface area contributed by atoms with E-state index in [0.29, 0.717) is 11.2 Å². The predicted octanol–water partition coefficient (Wildman–Crippen LogP) is 5.63. The summed E-state index contributed by atoms with van der Waals surface area (Å²) in [5.74, 6) is 0.276. The van der Waals surface area contributed by atoms with Crippen molar-refractivity contribution in [2.75, 3.05) is 12.8 Å². The molecule has 0 radical (unpaired) electrons. The molecular formula is C22H41ClN6O2SSi2. The van der Waals surface area contributed by atoms with E-state index < -0.39 is 16.6 Å². The molecule has 0 unspecified atom stereocenters. The number of hydrogen-bond donors (Lipinski definition) is 2. The zero-order chi connectivity index (χ0) is 25.9. The van der Waals surface area contributed by atoms with Crippen LogP contribution in [0.2, 0.25) is 41.5 Å². The van der Waals surface area contributed by atoms with Crippen molar-refractivity contribution < 1.29 is 8.85 Å². The van der Waals surface area contributed by atoms with Crippen LogP contribution in [0.25, 0.3) is 11.2 Å². The van der Waals surface area contributed by atoms with Crippen LogP contribution in [0.1, 0.15) is 46.9 Å². The summed E-state index contributed by atoms with van der Waals surface area (Å²) < 4.78 is 16.2. The summed E-state index contributed by atoms with van der Waals surface area (Å²) in [7, 11) is -2.25. The fraction of sp³-hybridized carbons (Fsp3) is 0.773. The van der Waals surface area contributed by atoms with Gasteiger partial charge in [-0.25, -0.2) is 4.98 Å². The maximum Gasteiger partial charge on any atom is 0.226 e. The first-order valence-corrected chi connectivity index (χ1v) is 18.9. The Kier molecular flexibility index (Phi) is 7.64. The number of halogens is 1. The first-order chi connectivity index (χ1) is 15.4. The van der Waals surface area contributed by atoms with Crippen LogP contribution >= 0.6 is 23.4 Å². The average molecular weight is 545 g/mol. The molecule has 4 atom stereocenters. The topological polar surface area (TPSA) is 100 Å². The first kappa shape index (κ1) is 27.9. The van der Waals surface area contributed by atoms with Crippen molar-refractivity contribution in [1.29, 1.82) is 0 Å². The van der Waals surface area contributed by atoms with Gasteiger partial charge in [0, 0.05) is 0 Å². The van der Waals surface area contributed by atoms with E-state index >= 15 is 0 Å². The highest BCUT2D eigenvalue weighted by molar-refractivity contribution is 8.00. The van der Waals surface area contributed by atoms with Crippen LogP contribution < -0.4 is 11.1 Å². The number of likely N-dealkylation sites (N-methyl/N-ethyl adjacent to an activating group) is 1. The number of thioether (sulfide) groups is 1. The minimum absolute atomic E-state index is 0.0426. The number of aromatic nitrogens is 4. The molecule has 3 rings (SSSR count). The van der Waals surface area contributed by atoms with Gasteiger partial charge in [-0.15, -0.1) is 11.8 Å². The quantitative estimate of drug-likeness (QED) is 0.356. The van der Waals surface area contributed by atoms with Crippen molar-refractivity contribution >= 4 is 57.0 Å². The number of nitrogens with one attached hydrogen (secondary N) is 1. The number of fused-ring (bicyclic) bond motifs is 1. The minimum atomic E-state index is -2.14. The van der Waals surface area contributed by atoms with E-state index in [2.05, 4.69) is 88.0 Å². The number of nitrogens with two attached hydrogens (primary N) is 1. The van der Waals surface area contributed by atoms with Crippen LogP contribution in [0.3, 0.4) is 0 Å². The van der Waals surface area contributed by atoms with E-state index in [-0.39, 0.29) is 44.1 Å². The molecule has 1 aliphatic rings. The lowest BCUT2D eigenvalue weighted by atomic mass is 10.2. The van der Waals surface area contributed by atoms with Crippen LogP contribution in [0, 0.1) is 0 Å². The first-order valence-electron chi connectivity index (χ1n) is 11.7. The molecule has 0 amide bonds. The SMILES string of the molecule is CN[C@H]1S[C@@H](n2cnc3c(N)nc(Cl)nc32)[C@H](O[Si](C)(C)C(C)(C)C)[C@@H]1O[Si](C)(C)C(C)(C)C. The monoisotopic (exact) mass is 544 g/mol. The van der Waals surface area contributed by atoms with Gasteiger partial charge >= 0.3 is 0 Å². The minimum Gasteiger partial charge on any atom is -0.409 e. The van der Waals surface area contributed by atoms with E-state index in [0.717, 1.165) is 0 Å². The molecule has 8 nitrogen and oxygen atoms in total. The van der Waals surface area contributed by atoms with Crippen LogP contribution in [-0.2, 0) is 8.85 Å². The molecule has 3 heterocycles. The Hall–Kier alpha value is -0.696. The maximum atomic E-state index is 7.13. The van der Waals surface area contributed by atoms with E-state index in [1.54, 1.807) is 18.1 Å². The van der Waals surface area contributed by atoms with E-state index in [9.17, 15) is 0 Å². The summed E-state index contributed by atoms with van der Waals surface area (Å²) in [5.41, 5.74) is 7.26. The molecule has 3 N–H and O–H groups in total. The van der Waals surface area contributed by atoms with Gasteiger partial charge in [-0.1, -0.05) is 41.5 Å². The third-order valence-corrected chi connectivity index (χ3v) is 18.3. The summed E-state index contributed by atoms with van der Waals surface area (Å²) >= 11 is 7.95. The van der Waals surface area contributed by atoms with Gasteiger partial charge < -0.3 is 19.9 Å². The lowest BCUT2D eigenvalue weighted by Crippen LogP contribution is -2.54. The van der Waals surface area contributed by atoms with Crippen molar-refractivity contribution in [3.63, 3.8) is 0 Å². The van der Waals surface area contributed by atoms with Crippen LogP contribution in [0.5, 0.6) is 0 Å². The van der Waals surface area contributed by atoms with E-state index in [4.69, 9.17) is 26.2 Å². The van der Waals surface area contributed by atoms with E-state index in [1.807, 2.05) is 11.6 Å². The van der Waals surface area contributed by atoms with Gasteiger partial charge in [0.05, 0.1) is 17.8 Å². The summed E-state index contributed by atoms with van der Waals surface area (Å²) in [6.07, 6.45) is 1.43. The number of hydrogen-bond acceptors (Lipinski definition) is 8. The van der Waals surface area contributed by atoms with Crippen molar-refractivity contribution in [1.82, 2.24) is 24.8 Å². The van der Waals surface area contributed by atoms with Gasteiger partial charge in [0.15, 0.2) is 28.1 Å². The smallest absolute Gasteiger partial charge is 0.226 e. The van der Waals surface area contributed by atoms with E-state index in [1.165, 1.54) is 0 Å². The molecule has 12 heteroatoms. The molecule has 2 aromatic heterocycles. The molecule has 0 spiro atoms. The third-order valence-electron chi connectivity index (χ3n) is 7.64.